The Labute approximate surface area is 212 Å². The van der Waals surface area contributed by atoms with E-state index in [2.05, 4.69) is 72.8 Å². The molecule has 0 saturated carbocycles. The Bertz CT molecular complexity index is 1250. The van der Waals surface area contributed by atoms with Gasteiger partial charge in [-0.2, -0.15) is 0 Å². The van der Waals surface area contributed by atoms with Gasteiger partial charge in [0.2, 0.25) is 0 Å². The number of hydrogen-bond acceptors (Lipinski definition) is 3. The lowest BCUT2D eigenvalue weighted by Gasteiger charge is -2.26. The van der Waals surface area contributed by atoms with E-state index in [0.717, 1.165) is 22.9 Å². The van der Waals surface area contributed by atoms with Crippen molar-refractivity contribution in [1.29, 1.82) is 0 Å². The summed E-state index contributed by atoms with van der Waals surface area (Å²) in [5.74, 6) is 0. The van der Waals surface area contributed by atoms with Crippen LogP contribution in [-0.2, 0) is 17.6 Å². The molecule has 2 aliphatic heterocycles. The van der Waals surface area contributed by atoms with Crippen molar-refractivity contribution < 1.29 is 4.74 Å². The molecule has 0 aliphatic carbocycles. The van der Waals surface area contributed by atoms with Crippen LogP contribution in [0.25, 0.3) is 0 Å². The first-order valence-corrected chi connectivity index (χ1v) is 13.3. The van der Waals surface area contributed by atoms with Crippen molar-refractivity contribution in [1.82, 2.24) is 0 Å². The predicted molar refractivity (Wildman–Crippen MR) is 138 cm³/mol. The van der Waals surface area contributed by atoms with Crippen LogP contribution in [-0.4, -0.2) is 0 Å². The highest BCUT2D eigenvalue weighted by molar-refractivity contribution is 7.99. The molecule has 0 amide bonds. The molecule has 0 spiro atoms. The Balaban J connectivity index is 1.43. The Morgan fingerprint density at radius 1 is 0.576 bits per heavy atom. The van der Waals surface area contributed by atoms with Crippen LogP contribution in [0, 0.1) is 0 Å². The molecule has 6 rings (SSSR count). The molecule has 4 aromatic carbocycles. The number of benzene rings is 4. The van der Waals surface area contributed by atoms with Crippen molar-refractivity contribution >= 4 is 46.7 Å². The third kappa shape index (κ3) is 4.34. The quantitative estimate of drug-likeness (QED) is 0.268. The third-order valence-corrected chi connectivity index (χ3v) is 9.05. The van der Waals surface area contributed by atoms with Gasteiger partial charge in [0.05, 0.1) is 12.2 Å². The van der Waals surface area contributed by atoms with Gasteiger partial charge >= 0.3 is 0 Å². The molecule has 0 fully saturated rings. The van der Waals surface area contributed by atoms with E-state index in [4.69, 9.17) is 27.9 Å². The predicted octanol–water partition coefficient (Wildman–Crippen LogP) is 9.21. The summed E-state index contributed by atoms with van der Waals surface area (Å²) in [6.07, 6.45) is 1.43. The van der Waals surface area contributed by atoms with Gasteiger partial charge in [0.15, 0.2) is 0 Å². The Kier molecular flexibility index (Phi) is 5.94. The Hall–Kier alpha value is -1.88. The zero-order valence-electron chi connectivity index (χ0n) is 17.6. The molecule has 164 valence electrons. The maximum atomic E-state index is 7.03. The molecule has 5 heteroatoms. The largest absolute Gasteiger partial charge is 0.365 e. The number of halogens is 2. The van der Waals surface area contributed by atoms with Crippen LogP contribution in [0.4, 0.5) is 0 Å². The van der Waals surface area contributed by atoms with Gasteiger partial charge in [0.1, 0.15) is 0 Å². The highest BCUT2D eigenvalue weighted by atomic mass is 35.5. The van der Waals surface area contributed by atoms with Crippen LogP contribution >= 0.6 is 46.7 Å². The molecule has 0 radical (unpaired) electrons. The second kappa shape index (κ2) is 9.05. The maximum Gasteiger partial charge on any atom is 0.0885 e. The summed E-state index contributed by atoms with van der Waals surface area (Å²) in [4.78, 5) is 4.96. The minimum Gasteiger partial charge on any atom is -0.365 e. The number of rotatable bonds is 2. The first-order chi connectivity index (χ1) is 16.1. The van der Waals surface area contributed by atoms with E-state index in [-0.39, 0.29) is 12.2 Å². The fourth-order valence-corrected chi connectivity index (χ4v) is 7.20. The molecular formula is C28H20Cl2OS2. The number of hydrogen-bond donors (Lipinski definition) is 0. The fraction of sp³-hybridized carbons (Fsp3) is 0.143. The first-order valence-electron chi connectivity index (χ1n) is 10.9. The monoisotopic (exact) mass is 506 g/mol. The van der Waals surface area contributed by atoms with E-state index in [1.807, 2.05) is 12.1 Å². The molecule has 33 heavy (non-hydrogen) atoms. The average Bonchev–Trinajstić information content (AvgIpc) is 3.06. The first kappa shape index (κ1) is 21.6. The summed E-state index contributed by atoms with van der Waals surface area (Å²) < 4.78 is 7.03. The zero-order chi connectivity index (χ0) is 22.4. The summed E-state index contributed by atoms with van der Waals surface area (Å²) in [6.45, 7) is 0. The van der Waals surface area contributed by atoms with Crippen molar-refractivity contribution in [3.63, 3.8) is 0 Å². The average molecular weight is 508 g/mol. The minimum absolute atomic E-state index is 0.0720. The zero-order valence-corrected chi connectivity index (χ0v) is 20.8. The molecule has 0 saturated heterocycles. The lowest BCUT2D eigenvalue weighted by Crippen LogP contribution is -2.15. The van der Waals surface area contributed by atoms with Gasteiger partial charge in [0.25, 0.3) is 0 Å². The number of ether oxygens (including phenoxy) is 1. The highest BCUT2D eigenvalue weighted by Gasteiger charge is 2.30. The molecule has 0 bridgehead atoms. The van der Waals surface area contributed by atoms with E-state index in [1.54, 1.807) is 23.5 Å². The van der Waals surface area contributed by atoms with Crippen molar-refractivity contribution in [3.05, 3.63) is 117 Å². The van der Waals surface area contributed by atoms with Gasteiger partial charge in [0, 0.05) is 42.5 Å². The summed E-state index contributed by atoms with van der Waals surface area (Å²) >= 11 is 16.3. The van der Waals surface area contributed by atoms with E-state index < -0.39 is 0 Å². The normalized spacial score (nSPS) is 18.8. The second-order valence-electron chi connectivity index (χ2n) is 8.31. The number of fused-ring (bicyclic) bond motifs is 4. The standard InChI is InChI=1S/C28H20Cl2OS2/c29-19-9-11-25-17(13-19)15-23(21-5-1-3-7-27(21)32-25)31-24-16-18-14-20(30)10-12-26(18)33-28-8-4-2-6-22(24)28/h1-14,23-24H,15-16H2. The summed E-state index contributed by atoms with van der Waals surface area (Å²) in [6, 6.07) is 29.5. The molecule has 0 aromatic heterocycles. The van der Waals surface area contributed by atoms with Crippen LogP contribution in [0.2, 0.25) is 10.0 Å². The van der Waals surface area contributed by atoms with Gasteiger partial charge in [-0.25, -0.2) is 0 Å². The van der Waals surface area contributed by atoms with Crippen molar-refractivity contribution in [2.24, 2.45) is 0 Å². The summed E-state index contributed by atoms with van der Waals surface area (Å²) in [7, 11) is 0. The summed E-state index contributed by atoms with van der Waals surface area (Å²) in [5, 5.41) is 1.53. The molecule has 2 aliphatic rings. The molecular weight excluding hydrogens is 487 g/mol. The van der Waals surface area contributed by atoms with E-state index >= 15 is 0 Å². The lowest BCUT2D eigenvalue weighted by atomic mass is 9.98. The van der Waals surface area contributed by atoms with Gasteiger partial charge < -0.3 is 4.74 Å². The van der Waals surface area contributed by atoms with Gasteiger partial charge in [-0.3, -0.25) is 0 Å². The van der Waals surface area contributed by atoms with Crippen LogP contribution in [0.1, 0.15) is 34.5 Å². The van der Waals surface area contributed by atoms with Crippen molar-refractivity contribution in [2.45, 2.75) is 44.6 Å². The molecule has 2 atom stereocenters. The Morgan fingerprint density at radius 3 is 1.52 bits per heavy atom. The van der Waals surface area contributed by atoms with Gasteiger partial charge in [-0.05, 0) is 70.8 Å². The lowest BCUT2D eigenvalue weighted by molar-refractivity contribution is -0.0175. The molecule has 1 nitrogen and oxygen atoms in total. The Morgan fingerprint density at radius 2 is 1.03 bits per heavy atom. The van der Waals surface area contributed by atoms with Crippen LogP contribution in [0.3, 0.4) is 0 Å². The van der Waals surface area contributed by atoms with E-state index in [0.29, 0.717) is 0 Å². The van der Waals surface area contributed by atoms with Crippen molar-refractivity contribution in [3.8, 4) is 0 Å². The van der Waals surface area contributed by atoms with Crippen LogP contribution in [0.5, 0.6) is 0 Å². The summed E-state index contributed by atoms with van der Waals surface area (Å²) in [5.41, 5.74) is 4.92. The van der Waals surface area contributed by atoms with Gasteiger partial charge in [-0.1, -0.05) is 83.1 Å². The van der Waals surface area contributed by atoms with E-state index in [1.165, 1.54) is 41.8 Å². The molecule has 4 aromatic rings. The minimum atomic E-state index is -0.0720. The van der Waals surface area contributed by atoms with Crippen molar-refractivity contribution in [2.75, 3.05) is 0 Å². The van der Waals surface area contributed by atoms with Crippen LogP contribution < -0.4 is 0 Å². The molecule has 2 unspecified atom stereocenters. The van der Waals surface area contributed by atoms with E-state index in [9.17, 15) is 0 Å². The second-order valence-corrected chi connectivity index (χ2v) is 11.3. The maximum absolute atomic E-state index is 7.03. The SMILES string of the molecule is Clc1ccc2c(c1)CC(OC1Cc3cc(Cl)ccc3Sc3ccccc31)c1ccccc1S2. The van der Waals surface area contributed by atoms with Gasteiger partial charge in [-0.15, -0.1) is 0 Å². The fourth-order valence-electron chi connectivity index (χ4n) is 4.59. The highest BCUT2D eigenvalue weighted by Crippen LogP contribution is 2.47. The topological polar surface area (TPSA) is 9.23 Å². The third-order valence-electron chi connectivity index (χ3n) is 6.16. The smallest absolute Gasteiger partial charge is 0.0885 e. The van der Waals surface area contributed by atoms with Crippen LogP contribution in [0.15, 0.2) is 105 Å². The molecule has 2 heterocycles. The molecule has 0 N–H and O–H groups in total.